The Labute approximate surface area is 199 Å². The second kappa shape index (κ2) is 8.54. The first-order valence-electron chi connectivity index (χ1n) is 10.7. The van der Waals surface area contributed by atoms with Crippen molar-refractivity contribution in [3.63, 3.8) is 0 Å². The van der Waals surface area contributed by atoms with E-state index in [1.165, 1.54) is 9.44 Å². The third-order valence-corrected chi connectivity index (χ3v) is 8.18. The molecule has 2 aromatic carbocycles. The molecule has 32 heavy (non-hydrogen) atoms. The van der Waals surface area contributed by atoms with Crippen LogP contribution in [0.15, 0.2) is 58.1 Å². The fourth-order valence-electron chi connectivity index (χ4n) is 4.57. The number of aromatic nitrogens is 2. The Kier molecular flexibility index (Phi) is 5.74. The molecule has 0 N–H and O–H groups in total. The lowest BCUT2D eigenvalue weighted by Gasteiger charge is -2.19. The zero-order valence-corrected chi connectivity index (χ0v) is 19.9. The lowest BCUT2D eigenvalue weighted by Crippen LogP contribution is -2.42. The van der Waals surface area contributed by atoms with Crippen molar-refractivity contribution in [1.82, 2.24) is 9.13 Å². The van der Waals surface area contributed by atoms with Gasteiger partial charge in [-0.2, -0.15) is 0 Å². The van der Waals surface area contributed by atoms with Crippen molar-refractivity contribution in [1.29, 1.82) is 0 Å². The van der Waals surface area contributed by atoms with Crippen LogP contribution in [0.5, 0.6) is 0 Å². The zero-order chi connectivity index (χ0) is 22.4. The van der Waals surface area contributed by atoms with Gasteiger partial charge < -0.3 is 0 Å². The van der Waals surface area contributed by atoms with Crippen molar-refractivity contribution in [2.45, 2.75) is 45.2 Å². The van der Waals surface area contributed by atoms with Gasteiger partial charge in [-0.3, -0.25) is 13.9 Å². The van der Waals surface area contributed by atoms with E-state index in [1.807, 2.05) is 43.3 Å². The number of halogens is 2. The molecular formula is C25H22Cl2N2O2S. The van der Waals surface area contributed by atoms with Gasteiger partial charge in [0, 0.05) is 14.9 Å². The second-order valence-corrected chi connectivity index (χ2v) is 10.2. The molecule has 7 heteroatoms. The van der Waals surface area contributed by atoms with Crippen molar-refractivity contribution >= 4 is 44.8 Å². The minimum atomic E-state index is -0.383. The lowest BCUT2D eigenvalue weighted by atomic mass is 9.97. The molecule has 1 atom stereocenters. The lowest BCUT2D eigenvalue weighted by molar-refractivity contribution is 0.551. The molecular weight excluding hydrogens is 463 g/mol. The molecule has 1 aliphatic carbocycles. The Bertz CT molecular complexity index is 1440. The predicted molar refractivity (Wildman–Crippen MR) is 133 cm³/mol. The van der Waals surface area contributed by atoms with E-state index in [4.69, 9.17) is 23.2 Å². The van der Waals surface area contributed by atoms with Crippen LogP contribution in [0.4, 0.5) is 0 Å². The van der Waals surface area contributed by atoms with E-state index in [2.05, 4.69) is 0 Å². The molecule has 0 saturated carbocycles. The summed E-state index contributed by atoms with van der Waals surface area (Å²) in [6.07, 6.45) is 4.01. The van der Waals surface area contributed by atoms with E-state index < -0.39 is 0 Å². The van der Waals surface area contributed by atoms with E-state index in [0.29, 0.717) is 15.4 Å². The third-order valence-electron chi connectivity index (χ3n) is 6.28. The number of aryl methyl sites for hydroxylation is 2. The number of hydrogen-bond donors (Lipinski definition) is 0. The average molecular weight is 485 g/mol. The van der Waals surface area contributed by atoms with Gasteiger partial charge in [-0.05, 0) is 61.4 Å². The molecule has 0 radical (unpaired) electrons. The van der Waals surface area contributed by atoms with Gasteiger partial charge in [-0.25, -0.2) is 4.79 Å². The summed E-state index contributed by atoms with van der Waals surface area (Å²) in [5.41, 5.74) is 2.32. The van der Waals surface area contributed by atoms with Crippen LogP contribution in [0.3, 0.4) is 0 Å². The Balaban J connectivity index is 1.79. The van der Waals surface area contributed by atoms with Gasteiger partial charge in [0.05, 0.1) is 18.0 Å². The van der Waals surface area contributed by atoms with Crippen LogP contribution in [0, 0.1) is 0 Å². The molecule has 0 fully saturated rings. The maximum atomic E-state index is 13.8. The highest BCUT2D eigenvalue weighted by molar-refractivity contribution is 7.18. The summed E-state index contributed by atoms with van der Waals surface area (Å²) in [5.74, 6) is 0. The highest BCUT2D eigenvalue weighted by Crippen LogP contribution is 2.35. The molecule has 2 heterocycles. The first-order chi connectivity index (χ1) is 15.5. The van der Waals surface area contributed by atoms with Gasteiger partial charge >= 0.3 is 5.69 Å². The SMILES string of the molecule is CC(c1ccccc1)n1c(=O)c2c3c(sc2n(Cc2ccc(Cl)cc2Cl)c1=O)CCCC3. The van der Waals surface area contributed by atoms with Crippen molar-refractivity contribution < 1.29 is 0 Å². The van der Waals surface area contributed by atoms with Crippen LogP contribution in [0.2, 0.25) is 10.0 Å². The Morgan fingerprint density at radius 1 is 1.03 bits per heavy atom. The molecule has 1 aliphatic rings. The fourth-order valence-corrected chi connectivity index (χ4v) is 6.41. The average Bonchev–Trinajstić information content (AvgIpc) is 3.18. The van der Waals surface area contributed by atoms with E-state index >= 15 is 0 Å². The second-order valence-electron chi connectivity index (χ2n) is 8.26. The van der Waals surface area contributed by atoms with E-state index in [1.54, 1.807) is 28.0 Å². The first kappa shape index (κ1) is 21.5. The summed E-state index contributed by atoms with van der Waals surface area (Å²) >= 11 is 14.1. The Hall–Kier alpha value is -2.34. The van der Waals surface area contributed by atoms with E-state index in [0.717, 1.165) is 47.2 Å². The zero-order valence-electron chi connectivity index (χ0n) is 17.6. The molecule has 0 aliphatic heterocycles. The van der Waals surface area contributed by atoms with Gasteiger partial charge in [-0.1, -0.05) is 59.6 Å². The summed E-state index contributed by atoms with van der Waals surface area (Å²) in [7, 11) is 0. The smallest absolute Gasteiger partial charge is 0.280 e. The highest BCUT2D eigenvalue weighted by Gasteiger charge is 2.26. The van der Waals surface area contributed by atoms with Crippen LogP contribution in [0.25, 0.3) is 10.2 Å². The van der Waals surface area contributed by atoms with Crippen LogP contribution in [-0.2, 0) is 19.4 Å². The summed E-state index contributed by atoms with van der Waals surface area (Å²) < 4.78 is 3.12. The number of fused-ring (bicyclic) bond motifs is 3. The molecule has 0 spiro atoms. The Morgan fingerprint density at radius 2 is 1.78 bits per heavy atom. The van der Waals surface area contributed by atoms with Gasteiger partial charge in [0.15, 0.2) is 0 Å². The summed E-state index contributed by atoms with van der Waals surface area (Å²) in [5, 5.41) is 1.75. The molecule has 1 unspecified atom stereocenters. The van der Waals surface area contributed by atoms with Crippen LogP contribution in [-0.4, -0.2) is 9.13 Å². The quantitative estimate of drug-likeness (QED) is 0.352. The topological polar surface area (TPSA) is 44.0 Å². The number of nitrogens with zero attached hydrogens (tertiary/aromatic N) is 2. The van der Waals surface area contributed by atoms with Crippen molar-refractivity contribution in [2.24, 2.45) is 0 Å². The summed E-state index contributed by atoms with van der Waals surface area (Å²) in [6, 6.07) is 14.6. The monoisotopic (exact) mass is 484 g/mol. The molecule has 2 aromatic heterocycles. The first-order valence-corrected chi connectivity index (χ1v) is 12.3. The van der Waals surface area contributed by atoms with E-state index in [9.17, 15) is 9.59 Å². The van der Waals surface area contributed by atoms with Gasteiger partial charge in [0.1, 0.15) is 4.83 Å². The molecule has 5 rings (SSSR count). The van der Waals surface area contributed by atoms with Crippen LogP contribution < -0.4 is 11.2 Å². The standard InChI is InChI=1S/C25H22Cl2N2O2S/c1-15(16-7-3-2-4-8-16)29-23(30)22-19-9-5-6-10-21(19)32-24(22)28(25(29)31)14-17-11-12-18(26)13-20(17)27/h2-4,7-8,11-13,15H,5-6,9-10,14H2,1H3. The third kappa shape index (κ3) is 3.62. The summed E-state index contributed by atoms with van der Waals surface area (Å²) in [6.45, 7) is 2.19. The number of hydrogen-bond acceptors (Lipinski definition) is 3. The number of thiophene rings is 1. The van der Waals surface area contributed by atoms with Crippen molar-refractivity contribution in [3.8, 4) is 0 Å². The molecule has 0 saturated heterocycles. The molecule has 4 aromatic rings. The maximum absolute atomic E-state index is 13.8. The van der Waals surface area contributed by atoms with Crippen LogP contribution >= 0.6 is 34.5 Å². The molecule has 164 valence electrons. The number of rotatable bonds is 4. The highest BCUT2D eigenvalue weighted by atomic mass is 35.5. The minimum absolute atomic E-state index is 0.195. The van der Waals surface area contributed by atoms with Crippen molar-refractivity contribution in [3.05, 3.63) is 101 Å². The normalized spacial score (nSPS) is 14.5. The molecule has 0 bridgehead atoms. The number of benzene rings is 2. The van der Waals surface area contributed by atoms with E-state index in [-0.39, 0.29) is 23.8 Å². The molecule has 4 nitrogen and oxygen atoms in total. The summed E-state index contributed by atoms with van der Waals surface area (Å²) in [4.78, 5) is 29.5. The Morgan fingerprint density at radius 3 is 2.53 bits per heavy atom. The fraction of sp³-hybridized carbons (Fsp3) is 0.280. The van der Waals surface area contributed by atoms with Crippen molar-refractivity contribution in [2.75, 3.05) is 0 Å². The largest absolute Gasteiger partial charge is 0.332 e. The van der Waals surface area contributed by atoms with Gasteiger partial charge in [0.2, 0.25) is 0 Å². The minimum Gasteiger partial charge on any atom is -0.280 e. The van der Waals surface area contributed by atoms with Gasteiger partial charge in [0.25, 0.3) is 5.56 Å². The molecule has 0 amide bonds. The van der Waals surface area contributed by atoms with Gasteiger partial charge in [-0.15, -0.1) is 11.3 Å². The maximum Gasteiger partial charge on any atom is 0.332 e. The van der Waals surface area contributed by atoms with Crippen LogP contribution in [0.1, 0.15) is 47.4 Å². The predicted octanol–water partition coefficient (Wildman–Crippen LogP) is 6.07.